The Morgan fingerprint density at radius 3 is 2.58 bits per heavy atom. The van der Waals surface area contributed by atoms with Crippen LogP contribution in [-0.2, 0) is 0 Å². The molecule has 1 aromatic carbocycles. The highest BCUT2D eigenvalue weighted by molar-refractivity contribution is 7.80. The average molecular weight is 187 g/mol. The molecule has 0 aliphatic carbocycles. The van der Waals surface area contributed by atoms with Gasteiger partial charge in [0.05, 0.1) is 10.5 Å². The SMILES string of the molecule is N#Cc1cc(F)c(F)c(S)c1O. The molecule has 0 amide bonds. The first-order valence-electron chi connectivity index (χ1n) is 2.88. The Morgan fingerprint density at radius 1 is 1.50 bits per heavy atom. The van der Waals surface area contributed by atoms with E-state index in [9.17, 15) is 8.78 Å². The predicted octanol–water partition coefficient (Wildman–Crippen LogP) is 1.83. The molecule has 0 bridgehead atoms. The Kier molecular flexibility index (Phi) is 2.20. The molecular weight excluding hydrogens is 184 g/mol. The summed E-state index contributed by atoms with van der Waals surface area (Å²) in [5, 5.41) is 17.3. The van der Waals surface area contributed by atoms with E-state index in [1.165, 1.54) is 6.07 Å². The molecule has 0 heterocycles. The molecule has 12 heavy (non-hydrogen) atoms. The molecule has 5 heteroatoms. The third-order valence-corrected chi connectivity index (χ3v) is 1.70. The van der Waals surface area contributed by atoms with Crippen LogP contribution in [-0.4, -0.2) is 5.11 Å². The van der Waals surface area contributed by atoms with Crippen LogP contribution in [0.2, 0.25) is 0 Å². The smallest absolute Gasteiger partial charge is 0.175 e. The Labute approximate surface area is 72.5 Å². The van der Waals surface area contributed by atoms with Crippen LogP contribution in [0.15, 0.2) is 11.0 Å². The Balaban J connectivity index is 3.52. The van der Waals surface area contributed by atoms with Crippen molar-refractivity contribution in [1.82, 2.24) is 0 Å². The van der Waals surface area contributed by atoms with Crippen LogP contribution < -0.4 is 0 Å². The van der Waals surface area contributed by atoms with Crippen molar-refractivity contribution in [3.8, 4) is 11.8 Å². The third kappa shape index (κ3) is 1.21. The van der Waals surface area contributed by atoms with Gasteiger partial charge >= 0.3 is 0 Å². The Hall–Kier alpha value is -1.28. The highest BCUT2D eigenvalue weighted by Gasteiger charge is 2.14. The summed E-state index contributed by atoms with van der Waals surface area (Å²) < 4.78 is 25.1. The van der Waals surface area contributed by atoms with Crippen molar-refractivity contribution < 1.29 is 13.9 Å². The maximum atomic E-state index is 12.6. The quantitative estimate of drug-likeness (QED) is 0.608. The van der Waals surface area contributed by atoms with E-state index >= 15 is 0 Å². The molecule has 0 unspecified atom stereocenters. The van der Waals surface area contributed by atoms with Crippen LogP contribution in [0, 0.1) is 23.0 Å². The molecule has 0 aromatic heterocycles. The first-order chi connectivity index (χ1) is 5.57. The van der Waals surface area contributed by atoms with Crippen LogP contribution in [0.5, 0.6) is 5.75 Å². The van der Waals surface area contributed by atoms with E-state index in [-0.39, 0.29) is 5.56 Å². The summed E-state index contributed by atoms with van der Waals surface area (Å²) >= 11 is 3.49. The zero-order valence-electron chi connectivity index (χ0n) is 5.67. The lowest BCUT2D eigenvalue weighted by Gasteiger charge is -2.01. The van der Waals surface area contributed by atoms with Crippen molar-refractivity contribution in [2.24, 2.45) is 0 Å². The molecule has 0 atom stereocenters. The number of benzene rings is 1. The summed E-state index contributed by atoms with van der Waals surface area (Å²) in [4.78, 5) is -0.549. The first kappa shape index (κ1) is 8.81. The molecule has 0 saturated heterocycles. The van der Waals surface area contributed by atoms with Gasteiger partial charge in [0.2, 0.25) is 0 Å². The molecular formula is C7H3F2NOS. The number of hydrogen-bond acceptors (Lipinski definition) is 3. The van der Waals surface area contributed by atoms with Crippen molar-refractivity contribution in [3.63, 3.8) is 0 Å². The number of thiol groups is 1. The topological polar surface area (TPSA) is 44.0 Å². The summed E-state index contributed by atoms with van der Waals surface area (Å²) in [6.45, 7) is 0. The van der Waals surface area contributed by atoms with E-state index in [4.69, 9.17) is 10.4 Å². The van der Waals surface area contributed by atoms with Crippen LogP contribution in [0.1, 0.15) is 5.56 Å². The Morgan fingerprint density at radius 2 is 2.08 bits per heavy atom. The third-order valence-electron chi connectivity index (χ3n) is 1.29. The summed E-state index contributed by atoms with van der Waals surface area (Å²) in [6, 6.07) is 2.11. The molecule has 0 saturated carbocycles. The normalized spacial score (nSPS) is 9.50. The second-order valence-corrected chi connectivity index (χ2v) is 2.48. The van der Waals surface area contributed by atoms with Gasteiger partial charge in [0.15, 0.2) is 11.6 Å². The lowest BCUT2D eigenvalue weighted by molar-refractivity contribution is 0.429. The molecule has 0 aliphatic heterocycles. The number of halogens is 2. The van der Waals surface area contributed by atoms with Crippen LogP contribution in [0.4, 0.5) is 8.78 Å². The number of phenolic OH excluding ortho intramolecular Hbond substituents is 1. The summed E-state index contributed by atoms with van der Waals surface area (Å²) in [5.74, 6) is -3.09. The number of aromatic hydroxyl groups is 1. The largest absolute Gasteiger partial charge is 0.505 e. The minimum atomic E-state index is -1.25. The highest BCUT2D eigenvalue weighted by Crippen LogP contribution is 2.29. The predicted molar refractivity (Wildman–Crippen MR) is 40.0 cm³/mol. The van der Waals surface area contributed by atoms with Gasteiger partial charge in [-0.3, -0.25) is 0 Å². The van der Waals surface area contributed by atoms with Crippen molar-refractivity contribution >= 4 is 12.6 Å². The molecule has 0 fully saturated rings. The van der Waals surface area contributed by atoms with E-state index < -0.39 is 22.3 Å². The monoisotopic (exact) mass is 187 g/mol. The minimum absolute atomic E-state index is 0.334. The number of hydrogen-bond donors (Lipinski definition) is 2. The van der Waals surface area contributed by atoms with Gasteiger partial charge in [-0.15, -0.1) is 12.6 Å². The van der Waals surface area contributed by atoms with Gasteiger partial charge in [0.25, 0.3) is 0 Å². The number of phenols is 1. The molecule has 0 spiro atoms. The van der Waals surface area contributed by atoms with E-state index in [1.54, 1.807) is 0 Å². The molecule has 2 nitrogen and oxygen atoms in total. The summed E-state index contributed by atoms with van der Waals surface area (Å²) in [7, 11) is 0. The molecule has 1 N–H and O–H groups in total. The number of rotatable bonds is 0. The van der Waals surface area contributed by atoms with E-state index in [1.807, 2.05) is 0 Å². The lowest BCUT2D eigenvalue weighted by atomic mass is 10.2. The maximum absolute atomic E-state index is 12.6. The van der Waals surface area contributed by atoms with Gasteiger partial charge < -0.3 is 5.11 Å². The second-order valence-electron chi connectivity index (χ2n) is 2.03. The van der Waals surface area contributed by atoms with Crippen LogP contribution in [0.25, 0.3) is 0 Å². The minimum Gasteiger partial charge on any atom is -0.505 e. The molecule has 1 rings (SSSR count). The lowest BCUT2D eigenvalue weighted by Crippen LogP contribution is -1.89. The van der Waals surface area contributed by atoms with Gasteiger partial charge in [-0.25, -0.2) is 8.78 Å². The van der Waals surface area contributed by atoms with Gasteiger partial charge in [0.1, 0.15) is 11.8 Å². The first-order valence-corrected chi connectivity index (χ1v) is 3.32. The second kappa shape index (κ2) is 2.99. The summed E-state index contributed by atoms with van der Waals surface area (Å²) in [5.41, 5.74) is -0.334. The van der Waals surface area contributed by atoms with Crippen LogP contribution in [0.3, 0.4) is 0 Å². The molecule has 1 aromatic rings. The average Bonchev–Trinajstić information content (AvgIpc) is 2.08. The van der Waals surface area contributed by atoms with Crippen molar-refractivity contribution in [3.05, 3.63) is 23.3 Å². The van der Waals surface area contributed by atoms with E-state index in [0.29, 0.717) is 6.07 Å². The molecule has 62 valence electrons. The molecule has 0 aliphatic rings. The van der Waals surface area contributed by atoms with Gasteiger partial charge in [0, 0.05) is 0 Å². The van der Waals surface area contributed by atoms with Crippen LogP contribution >= 0.6 is 12.6 Å². The number of nitriles is 1. The van der Waals surface area contributed by atoms with E-state index in [0.717, 1.165) is 0 Å². The van der Waals surface area contributed by atoms with Crippen molar-refractivity contribution in [2.75, 3.05) is 0 Å². The fraction of sp³-hybridized carbons (Fsp3) is 0. The van der Waals surface area contributed by atoms with Gasteiger partial charge in [-0.1, -0.05) is 0 Å². The fourth-order valence-corrected chi connectivity index (χ4v) is 0.916. The Bertz CT molecular complexity index is 373. The van der Waals surface area contributed by atoms with E-state index in [2.05, 4.69) is 12.6 Å². The fourth-order valence-electron chi connectivity index (χ4n) is 0.688. The van der Waals surface area contributed by atoms with Gasteiger partial charge in [-0.2, -0.15) is 5.26 Å². The van der Waals surface area contributed by atoms with Gasteiger partial charge in [-0.05, 0) is 6.07 Å². The van der Waals surface area contributed by atoms with Crippen molar-refractivity contribution in [1.29, 1.82) is 5.26 Å². The number of nitrogens with zero attached hydrogens (tertiary/aromatic N) is 1. The molecule has 0 radical (unpaired) electrons. The van der Waals surface area contributed by atoms with Crippen molar-refractivity contribution in [2.45, 2.75) is 4.90 Å². The summed E-state index contributed by atoms with van der Waals surface area (Å²) in [6.07, 6.45) is 0. The highest BCUT2D eigenvalue weighted by atomic mass is 32.1. The zero-order chi connectivity index (χ0) is 9.30. The maximum Gasteiger partial charge on any atom is 0.175 e. The standard InChI is InChI=1S/C7H3F2NOS/c8-4-1-3(2-10)6(11)7(12)5(4)9/h1,11-12H. The zero-order valence-corrected chi connectivity index (χ0v) is 6.57.